The number of benzene rings is 1. The minimum absolute atomic E-state index is 0.00845. The van der Waals surface area contributed by atoms with E-state index in [-0.39, 0.29) is 17.7 Å². The van der Waals surface area contributed by atoms with Gasteiger partial charge in [-0.15, -0.1) is 6.58 Å². The highest BCUT2D eigenvalue weighted by atomic mass is 32.1. The minimum Gasteiger partial charge on any atom is -0.358 e. The molecule has 0 saturated heterocycles. The van der Waals surface area contributed by atoms with E-state index in [4.69, 9.17) is 12.2 Å². The van der Waals surface area contributed by atoms with Crippen LogP contribution in [0, 0.1) is 0 Å². The molecule has 0 amide bonds. The summed E-state index contributed by atoms with van der Waals surface area (Å²) in [5.74, 6) is 0. The maximum Gasteiger partial charge on any atom is 0.416 e. The summed E-state index contributed by atoms with van der Waals surface area (Å²) in [4.78, 5) is 0. The van der Waals surface area contributed by atoms with Crippen molar-refractivity contribution in [3.05, 3.63) is 42.0 Å². The van der Waals surface area contributed by atoms with Gasteiger partial charge < -0.3 is 5.32 Å². The van der Waals surface area contributed by atoms with E-state index in [0.29, 0.717) is 12.1 Å². The number of hydrazine groups is 1. The molecule has 0 radical (unpaired) electrons. The van der Waals surface area contributed by atoms with Gasteiger partial charge in [0.1, 0.15) is 0 Å². The third-order valence-corrected chi connectivity index (χ3v) is 2.56. The van der Waals surface area contributed by atoms with Gasteiger partial charge in [-0.3, -0.25) is 10.9 Å². The number of hydrogen-bond acceptors (Lipinski definition) is 2. The molecule has 0 aliphatic carbocycles. The Kier molecular flexibility index (Phi) is 5.64. The van der Waals surface area contributed by atoms with Crippen molar-refractivity contribution in [2.45, 2.75) is 12.4 Å². The molecule has 3 N–H and O–H groups in total. The van der Waals surface area contributed by atoms with Crippen molar-refractivity contribution in [2.24, 2.45) is 0 Å². The van der Waals surface area contributed by atoms with Gasteiger partial charge in [-0.05, 0) is 30.4 Å². The van der Waals surface area contributed by atoms with Gasteiger partial charge in [0.05, 0.1) is 16.8 Å². The minimum atomic E-state index is -4.90. The molecule has 1 rings (SSSR count). The molecule has 0 saturated carbocycles. The lowest BCUT2D eigenvalue weighted by atomic mass is 10.1. The van der Waals surface area contributed by atoms with Gasteiger partial charge in [-0.25, -0.2) is 0 Å². The number of rotatable bonds is 4. The van der Waals surface area contributed by atoms with E-state index < -0.39 is 29.2 Å². The Morgan fingerprint density at radius 3 is 1.95 bits per heavy atom. The monoisotopic (exact) mass is 343 g/mol. The highest BCUT2D eigenvalue weighted by molar-refractivity contribution is 7.80. The fourth-order valence-electron chi connectivity index (χ4n) is 1.37. The molecule has 0 unspecified atom stereocenters. The van der Waals surface area contributed by atoms with Crippen molar-refractivity contribution in [3.8, 4) is 0 Å². The van der Waals surface area contributed by atoms with E-state index in [1.165, 1.54) is 6.08 Å². The van der Waals surface area contributed by atoms with Crippen LogP contribution in [0.25, 0.3) is 0 Å². The maximum absolute atomic E-state index is 12.6. The van der Waals surface area contributed by atoms with E-state index >= 15 is 0 Å². The van der Waals surface area contributed by atoms with E-state index in [1.807, 2.05) is 0 Å². The number of nitrogens with one attached hydrogen (secondary N) is 3. The zero-order chi connectivity index (χ0) is 17.0. The van der Waals surface area contributed by atoms with Crippen LogP contribution in [0.3, 0.4) is 0 Å². The first kappa shape index (κ1) is 18.1. The number of alkyl halides is 6. The fourth-order valence-corrected chi connectivity index (χ4v) is 1.50. The number of hydrogen-bond donors (Lipinski definition) is 3. The molecular weight excluding hydrogens is 332 g/mol. The average molecular weight is 343 g/mol. The zero-order valence-electron chi connectivity index (χ0n) is 10.9. The van der Waals surface area contributed by atoms with Crippen LogP contribution in [0.2, 0.25) is 0 Å². The second-order valence-corrected chi connectivity index (χ2v) is 4.45. The molecular formula is C12H11F6N3S. The summed E-state index contributed by atoms with van der Waals surface area (Å²) < 4.78 is 75.8. The molecule has 22 heavy (non-hydrogen) atoms. The predicted octanol–water partition coefficient (Wildman–Crippen LogP) is 3.70. The van der Waals surface area contributed by atoms with Gasteiger partial charge in [0, 0.05) is 6.54 Å². The molecule has 0 aliphatic heterocycles. The number of thiocarbonyl (C=S) groups is 1. The third kappa shape index (κ3) is 5.43. The van der Waals surface area contributed by atoms with Gasteiger partial charge in [-0.2, -0.15) is 26.3 Å². The first-order valence-corrected chi connectivity index (χ1v) is 6.15. The predicted molar refractivity (Wildman–Crippen MR) is 74.0 cm³/mol. The summed E-state index contributed by atoms with van der Waals surface area (Å²) in [5.41, 5.74) is 1.20. The lowest BCUT2D eigenvalue weighted by Crippen LogP contribution is -2.38. The molecule has 0 aliphatic rings. The molecule has 0 aromatic heterocycles. The molecule has 0 bridgehead atoms. The van der Waals surface area contributed by atoms with Crippen molar-refractivity contribution in [3.63, 3.8) is 0 Å². The van der Waals surface area contributed by atoms with Crippen molar-refractivity contribution in [1.29, 1.82) is 0 Å². The topological polar surface area (TPSA) is 36.1 Å². The van der Waals surface area contributed by atoms with Gasteiger partial charge in [0.15, 0.2) is 5.11 Å². The van der Waals surface area contributed by atoms with Crippen LogP contribution < -0.4 is 16.2 Å². The molecule has 1 aromatic rings. The Labute approximate surface area is 127 Å². The Morgan fingerprint density at radius 2 is 1.55 bits per heavy atom. The van der Waals surface area contributed by atoms with E-state index in [1.54, 1.807) is 0 Å². The first-order valence-electron chi connectivity index (χ1n) is 5.74. The van der Waals surface area contributed by atoms with E-state index in [9.17, 15) is 26.3 Å². The van der Waals surface area contributed by atoms with Crippen LogP contribution in [-0.2, 0) is 12.4 Å². The third-order valence-electron chi connectivity index (χ3n) is 2.31. The lowest BCUT2D eigenvalue weighted by Gasteiger charge is -2.16. The standard InChI is InChI=1S/C12H11F6N3S/c1-2-3-19-10(22)21-20-9-5-7(11(13,14)15)4-8(6-9)12(16,17)18/h2,4-6,20H,1,3H2,(H2,19,21,22). The summed E-state index contributed by atoms with van der Waals surface area (Å²) in [6, 6.07) is 1.12. The summed E-state index contributed by atoms with van der Waals surface area (Å²) in [6.45, 7) is 3.69. The Morgan fingerprint density at radius 1 is 1.05 bits per heavy atom. The zero-order valence-corrected chi connectivity index (χ0v) is 11.7. The largest absolute Gasteiger partial charge is 0.416 e. The fraction of sp³-hybridized carbons (Fsp3) is 0.250. The quantitative estimate of drug-likeness (QED) is 0.337. The second kappa shape index (κ2) is 6.86. The summed E-state index contributed by atoms with van der Waals surface area (Å²) in [6.07, 6.45) is -8.33. The number of anilines is 1. The number of halogens is 6. The van der Waals surface area contributed by atoms with Gasteiger partial charge >= 0.3 is 12.4 Å². The molecule has 0 heterocycles. The second-order valence-electron chi connectivity index (χ2n) is 4.04. The summed E-state index contributed by atoms with van der Waals surface area (Å²) in [5, 5.41) is 2.58. The SMILES string of the molecule is C=CCNC(=S)NNc1cc(C(F)(F)F)cc(C(F)(F)F)c1. The van der Waals surface area contributed by atoms with Gasteiger partial charge in [0.2, 0.25) is 0 Å². The van der Waals surface area contributed by atoms with Crippen molar-refractivity contribution < 1.29 is 26.3 Å². The first-order chi connectivity index (χ1) is 10.0. The molecule has 0 spiro atoms. The lowest BCUT2D eigenvalue weighted by molar-refractivity contribution is -0.143. The summed E-state index contributed by atoms with van der Waals surface area (Å²) >= 11 is 4.75. The van der Waals surface area contributed by atoms with Crippen LogP contribution in [0.5, 0.6) is 0 Å². The molecule has 0 atom stereocenters. The molecule has 10 heteroatoms. The van der Waals surface area contributed by atoms with Crippen LogP contribution in [-0.4, -0.2) is 11.7 Å². The summed E-state index contributed by atoms with van der Waals surface area (Å²) in [7, 11) is 0. The normalized spacial score (nSPS) is 11.7. The van der Waals surface area contributed by atoms with Crippen LogP contribution in [0.4, 0.5) is 32.0 Å². The Balaban J connectivity index is 2.99. The molecule has 1 aromatic carbocycles. The maximum atomic E-state index is 12.6. The van der Waals surface area contributed by atoms with Crippen LogP contribution in [0.15, 0.2) is 30.9 Å². The van der Waals surface area contributed by atoms with E-state index in [2.05, 4.69) is 22.7 Å². The highest BCUT2D eigenvalue weighted by Gasteiger charge is 2.36. The van der Waals surface area contributed by atoms with E-state index in [0.717, 1.165) is 0 Å². The average Bonchev–Trinajstić information content (AvgIpc) is 2.40. The van der Waals surface area contributed by atoms with Gasteiger partial charge in [0.25, 0.3) is 0 Å². The Bertz CT molecular complexity index is 521. The van der Waals surface area contributed by atoms with Crippen molar-refractivity contribution >= 4 is 23.0 Å². The molecule has 122 valence electrons. The highest BCUT2D eigenvalue weighted by Crippen LogP contribution is 2.37. The van der Waals surface area contributed by atoms with Crippen molar-refractivity contribution in [2.75, 3.05) is 12.0 Å². The Hall–Kier alpha value is -1.97. The van der Waals surface area contributed by atoms with Crippen LogP contribution in [0.1, 0.15) is 11.1 Å². The molecule has 0 fully saturated rings. The van der Waals surface area contributed by atoms with Crippen molar-refractivity contribution in [1.82, 2.24) is 10.7 Å². The van der Waals surface area contributed by atoms with Crippen LogP contribution >= 0.6 is 12.2 Å². The molecule has 3 nitrogen and oxygen atoms in total. The van der Waals surface area contributed by atoms with Gasteiger partial charge in [-0.1, -0.05) is 6.08 Å². The smallest absolute Gasteiger partial charge is 0.358 e.